The lowest BCUT2D eigenvalue weighted by Gasteiger charge is -2.34. The third kappa shape index (κ3) is 2.99. The Morgan fingerprint density at radius 2 is 1.35 bits per heavy atom. The van der Waals surface area contributed by atoms with Crippen molar-refractivity contribution >= 4 is 5.97 Å². The van der Waals surface area contributed by atoms with Gasteiger partial charge in [-0.15, -0.1) is 0 Å². The molecule has 0 radical (unpaired) electrons. The van der Waals surface area contributed by atoms with Gasteiger partial charge < -0.3 is 9.84 Å². The van der Waals surface area contributed by atoms with Crippen molar-refractivity contribution in [3.05, 3.63) is 12.2 Å². The summed E-state index contributed by atoms with van der Waals surface area (Å²) in [6.07, 6.45) is -13.9. The van der Waals surface area contributed by atoms with Gasteiger partial charge in [0.1, 0.15) is 0 Å². The van der Waals surface area contributed by atoms with E-state index in [0.717, 1.165) is 0 Å². The molecule has 118 valence electrons. The molecule has 0 aromatic carbocycles. The second kappa shape index (κ2) is 5.14. The molecule has 0 amide bonds. The molecule has 0 saturated carbocycles. The average Bonchev–Trinajstić information content (AvgIpc) is 2.24. The minimum atomic E-state index is -7.07. The zero-order valence-corrected chi connectivity index (χ0v) is 9.08. The third-order valence-electron chi connectivity index (χ3n) is 1.84. The van der Waals surface area contributed by atoms with Crippen LogP contribution in [0.5, 0.6) is 0 Å². The highest BCUT2D eigenvalue weighted by atomic mass is 19.4. The maximum atomic E-state index is 13.2. The summed E-state index contributed by atoms with van der Waals surface area (Å²) in [5, 5.41) is 8.25. The van der Waals surface area contributed by atoms with Gasteiger partial charge in [0.25, 0.3) is 0 Å². The van der Waals surface area contributed by atoms with Crippen molar-refractivity contribution in [2.75, 3.05) is 6.61 Å². The van der Waals surface area contributed by atoms with E-state index in [9.17, 15) is 44.3 Å². The minimum Gasteiger partial charge on any atom is -0.411 e. The summed E-state index contributed by atoms with van der Waals surface area (Å²) >= 11 is 0. The Balaban J connectivity index is 5.80. The summed E-state index contributed by atoms with van der Waals surface area (Å²) in [5.74, 6) is -16.3. The van der Waals surface area contributed by atoms with Gasteiger partial charge in [0, 0.05) is 0 Å². The summed E-state index contributed by atoms with van der Waals surface area (Å²) in [5.41, 5.74) is -1.35. The highest BCUT2D eigenvalue weighted by Gasteiger charge is 2.84. The van der Waals surface area contributed by atoms with Crippen molar-refractivity contribution in [1.82, 2.24) is 0 Å². The molecule has 0 aliphatic rings. The summed E-state index contributed by atoms with van der Waals surface area (Å²) < 4.78 is 113. The Labute approximate surface area is 104 Å². The first-order valence-electron chi connectivity index (χ1n) is 4.34. The van der Waals surface area contributed by atoms with Gasteiger partial charge in [-0.25, -0.2) is 4.79 Å². The van der Waals surface area contributed by atoms with E-state index < -0.39 is 42.3 Å². The molecule has 0 bridgehead atoms. The smallest absolute Gasteiger partial charge is 0.411 e. The van der Waals surface area contributed by atoms with Crippen molar-refractivity contribution in [3.63, 3.8) is 0 Å². The van der Waals surface area contributed by atoms with Crippen LogP contribution in [0.2, 0.25) is 0 Å². The first kappa shape index (κ1) is 18.5. The number of halogens is 9. The van der Waals surface area contributed by atoms with Crippen LogP contribution in [-0.4, -0.2) is 41.8 Å². The lowest BCUT2D eigenvalue weighted by molar-refractivity contribution is -0.440. The number of esters is 1. The normalized spacial score (nSPS) is 16.5. The first-order valence-corrected chi connectivity index (χ1v) is 4.34. The molecule has 12 heteroatoms. The monoisotopic (exact) mass is 320 g/mol. The zero-order chi connectivity index (χ0) is 16.6. The molecule has 0 saturated heterocycles. The summed E-state index contributed by atoms with van der Waals surface area (Å²) in [4.78, 5) is 10.7. The molecule has 0 heterocycles. The second-order valence-electron chi connectivity index (χ2n) is 3.32. The summed E-state index contributed by atoms with van der Waals surface area (Å²) in [7, 11) is 0. The van der Waals surface area contributed by atoms with Crippen LogP contribution in [0.3, 0.4) is 0 Å². The van der Waals surface area contributed by atoms with Gasteiger partial charge in [-0.1, -0.05) is 6.58 Å². The highest BCUT2D eigenvalue weighted by Crippen LogP contribution is 2.53. The molecule has 1 N–H and O–H groups in total. The van der Waals surface area contributed by atoms with Crippen LogP contribution in [0, 0.1) is 0 Å². The fourth-order valence-corrected chi connectivity index (χ4v) is 0.747. The van der Waals surface area contributed by atoms with Crippen molar-refractivity contribution in [3.8, 4) is 0 Å². The van der Waals surface area contributed by atoms with E-state index in [0.29, 0.717) is 0 Å². The van der Waals surface area contributed by atoms with Crippen LogP contribution >= 0.6 is 0 Å². The second-order valence-corrected chi connectivity index (χ2v) is 3.32. The summed E-state index contributed by atoms with van der Waals surface area (Å²) in [6, 6.07) is 0. The van der Waals surface area contributed by atoms with Crippen molar-refractivity contribution < 1.29 is 54.2 Å². The molecule has 0 aliphatic heterocycles. The minimum absolute atomic E-state index is 1.35. The molecule has 1 unspecified atom stereocenters. The SMILES string of the molecule is C=C(CO)C(=O)OC(F)(C(F)(F)F)C(F)(F)C(F)(F)F. The van der Waals surface area contributed by atoms with Gasteiger partial charge in [-0.2, -0.15) is 39.5 Å². The van der Waals surface area contributed by atoms with Crippen LogP contribution in [0.15, 0.2) is 12.2 Å². The fourth-order valence-electron chi connectivity index (χ4n) is 0.747. The van der Waals surface area contributed by atoms with Gasteiger partial charge in [0.2, 0.25) is 0 Å². The highest BCUT2D eigenvalue weighted by molar-refractivity contribution is 5.88. The molecule has 3 nitrogen and oxygen atoms in total. The van der Waals surface area contributed by atoms with E-state index in [4.69, 9.17) is 5.11 Å². The third-order valence-corrected chi connectivity index (χ3v) is 1.84. The van der Waals surface area contributed by atoms with Crippen molar-refractivity contribution in [1.29, 1.82) is 0 Å². The standard InChI is InChI=1S/C8H5F9O3/c1-3(2-18)4(19)20-6(11,8(15,16)17)5(9,10)7(12,13)14/h18H,1-2H2. The number of hydrogen-bond acceptors (Lipinski definition) is 3. The van der Waals surface area contributed by atoms with Gasteiger partial charge >= 0.3 is 30.1 Å². The number of ether oxygens (including phenoxy) is 1. The van der Waals surface area contributed by atoms with Gasteiger partial charge in [-0.05, 0) is 0 Å². The topological polar surface area (TPSA) is 46.5 Å². The fraction of sp³-hybridized carbons (Fsp3) is 0.625. The predicted octanol–water partition coefficient (Wildman–Crippen LogP) is 2.50. The number of carbonyl (C=O) groups excluding carboxylic acids is 1. The Bertz CT molecular complexity index is 397. The van der Waals surface area contributed by atoms with Crippen molar-refractivity contribution in [2.24, 2.45) is 0 Å². The average molecular weight is 320 g/mol. The predicted molar refractivity (Wildman–Crippen MR) is 43.2 cm³/mol. The Morgan fingerprint density at radius 3 is 1.60 bits per heavy atom. The molecule has 0 rings (SSSR count). The number of hydrogen-bond donors (Lipinski definition) is 1. The summed E-state index contributed by atoms with van der Waals surface area (Å²) in [6.45, 7) is 1.06. The van der Waals surface area contributed by atoms with Crippen LogP contribution in [-0.2, 0) is 9.53 Å². The van der Waals surface area contributed by atoms with Crippen LogP contribution in [0.1, 0.15) is 0 Å². The van der Waals surface area contributed by atoms with Crippen LogP contribution in [0.25, 0.3) is 0 Å². The Kier molecular flexibility index (Phi) is 4.77. The van der Waals surface area contributed by atoms with E-state index in [-0.39, 0.29) is 0 Å². The van der Waals surface area contributed by atoms with E-state index in [1.807, 2.05) is 0 Å². The van der Waals surface area contributed by atoms with Gasteiger partial charge in [0.05, 0.1) is 12.2 Å². The molecule has 0 aromatic rings. The lowest BCUT2D eigenvalue weighted by atomic mass is 10.1. The molecule has 0 aliphatic carbocycles. The maximum Gasteiger partial charge on any atom is 0.467 e. The molecule has 20 heavy (non-hydrogen) atoms. The number of alkyl halides is 9. The quantitative estimate of drug-likeness (QED) is 0.492. The molecule has 0 aromatic heterocycles. The van der Waals surface area contributed by atoms with E-state index in [1.165, 1.54) is 0 Å². The van der Waals surface area contributed by atoms with E-state index in [2.05, 4.69) is 11.3 Å². The lowest BCUT2D eigenvalue weighted by Crippen LogP contribution is -2.64. The molecule has 0 spiro atoms. The molecular formula is C8H5F9O3. The zero-order valence-electron chi connectivity index (χ0n) is 9.08. The van der Waals surface area contributed by atoms with E-state index >= 15 is 0 Å². The van der Waals surface area contributed by atoms with E-state index in [1.54, 1.807) is 0 Å². The number of carbonyl (C=O) groups is 1. The number of rotatable bonds is 4. The van der Waals surface area contributed by atoms with Crippen LogP contribution in [0.4, 0.5) is 39.5 Å². The number of aliphatic hydroxyl groups is 1. The first-order chi connectivity index (χ1) is 8.62. The molecular weight excluding hydrogens is 315 g/mol. The molecule has 1 atom stereocenters. The van der Waals surface area contributed by atoms with Gasteiger partial charge in [-0.3, -0.25) is 0 Å². The van der Waals surface area contributed by atoms with Crippen LogP contribution < -0.4 is 0 Å². The largest absolute Gasteiger partial charge is 0.467 e. The maximum absolute atomic E-state index is 13.2. The molecule has 0 fully saturated rings. The number of aliphatic hydroxyl groups excluding tert-OH is 1. The Hall–Kier alpha value is -1.46. The van der Waals surface area contributed by atoms with Crippen molar-refractivity contribution in [2.45, 2.75) is 24.1 Å². The Morgan fingerprint density at radius 1 is 0.950 bits per heavy atom. The van der Waals surface area contributed by atoms with Gasteiger partial charge in [0.15, 0.2) is 0 Å².